The fourth-order valence-corrected chi connectivity index (χ4v) is 3.39. The van der Waals surface area contributed by atoms with Crippen LogP contribution in [0.15, 0.2) is 42.0 Å². The predicted octanol–water partition coefficient (Wildman–Crippen LogP) is 4.90. The Kier molecular flexibility index (Phi) is 6.58. The van der Waals surface area contributed by atoms with Crippen LogP contribution in [0.4, 0.5) is 11.5 Å². The molecule has 0 aliphatic heterocycles. The SMILES string of the molecule is CCc1ccccc1NC(=O)c1cc(NCCC2=CCCCC2)nc(C)n1. The van der Waals surface area contributed by atoms with E-state index in [1.807, 2.05) is 31.2 Å². The Bertz CT molecular complexity index is 829. The summed E-state index contributed by atoms with van der Waals surface area (Å²) < 4.78 is 0. The van der Waals surface area contributed by atoms with Crippen LogP contribution in [0.25, 0.3) is 0 Å². The number of aromatic nitrogens is 2. The van der Waals surface area contributed by atoms with E-state index in [4.69, 9.17) is 0 Å². The highest BCUT2D eigenvalue weighted by atomic mass is 16.1. The number of rotatable bonds is 7. The maximum absolute atomic E-state index is 12.7. The molecule has 0 bridgehead atoms. The lowest BCUT2D eigenvalue weighted by atomic mass is 9.97. The van der Waals surface area contributed by atoms with Crippen molar-refractivity contribution in [2.45, 2.75) is 52.4 Å². The highest BCUT2D eigenvalue weighted by Crippen LogP contribution is 2.20. The molecule has 142 valence electrons. The zero-order valence-electron chi connectivity index (χ0n) is 16.2. The largest absolute Gasteiger partial charge is 0.370 e. The smallest absolute Gasteiger partial charge is 0.274 e. The van der Waals surface area contributed by atoms with Crippen molar-refractivity contribution in [1.82, 2.24) is 9.97 Å². The fourth-order valence-electron chi connectivity index (χ4n) is 3.39. The van der Waals surface area contributed by atoms with E-state index in [1.54, 1.807) is 6.07 Å². The standard InChI is InChI=1S/C22H28N4O/c1-3-18-11-7-8-12-19(18)26-22(27)20-15-21(25-16(2)24-20)23-14-13-17-9-5-4-6-10-17/h7-9,11-12,15H,3-6,10,13-14H2,1-2H3,(H,26,27)(H,23,24,25). The van der Waals surface area contributed by atoms with Crippen LogP contribution in [0.3, 0.4) is 0 Å². The van der Waals surface area contributed by atoms with Crippen molar-refractivity contribution in [1.29, 1.82) is 0 Å². The molecule has 5 heteroatoms. The number of benzene rings is 1. The average Bonchev–Trinajstić information content (AvgIpc) is 2.69. The first kappa shape index (κ1) is 19.1. The number of nitrogens with one attached hydrogen (secondary N) is 2. The van der Waals surface area contributed by atoms with E-state index in [0.29, 0.717) is 17.3 Å². The molecule has 1 aromatic carbocycles. The first-order valence-corrected chi connectivity index (χ1v) is 9.82. The summed E-state index contributed by atoms with van der Waals surface area (Å²) >= 11 is 0. The molecule has 0 spiro atoms. The minimum atomic E-state index is -0.209. The predicted molar refractivity (Wildman–Crippen MR) is 110 cm³/mol. The monoisotopic (exact) mass is 364 g/mol. The van der Waals surface area contributed by atoms with E-state index < -0.39 is 0 Å². The topological polar surface area (TPSA) is 66.9 Å². The van der Waals surface area contributed by atoms with E-state index in [0.717, 1.165) is 30.6 Å². The van der Waals surface area contributed by atoms with E-state index in [1.165, 1.54) is 31.3 Å². The lowest BCUT2D eigenvalue weighted by molar-refractivity contribution is 0.102. The third-order valence-electron chi connectivity index (χ3n) is 4.85. The first-order valence-electron chi connectivity index (χ1n) is 9.82. The van der Waals surface area contributed by atoms with Gasteiger partial charge < -0.3 is 10.6 Å². The molecule has 0 saturated carbocycles. The number of allylic oxidation sites excluding steroid dienone is 1. The molecule has 1 amide bonds. The van der Waals surface area contributed by atoms with Gasteiger partial charge in [0.15, 0.2) is 0 Å². The Labute approximate surface area is 161 Å². The van der Waals surface area contributed by atoms with Crippen molar-refractivity contribution in [2.75, 3.05) is 17.2 Å². The number of para-hydroxylation sites is 1. The molecule has 0 unspecified atom stereocenters. The molecule has 2 N–H and O–H groups in total. The van der Waals surface area contributed by atoms with Crippen LogP contribution < -0.4 is 10.6 Å². The summed E-state index contributed by atoms with van der Waals surface area (Å²) in [6.07, 6.45) is 9.25. The molecule has 0 radical (unpaired) electrons. The molecule has 27 heavy (non-hydrogen) atoms. The summed E-state index contributed by atoms with van der Waals surface area (Å²) in [6.45, 7) is 4.71. The van der Waals surface area contributed by atoms with Gasteiger partial charge in [0.1, 0.15) is 17.3 Å². The molecule has 1 heterocycles. The van der Waals surface area contributed by atoms with Gasteiger partial charge in [-0.1, -0.05) is 36.8 Å². The molecular weight excluding hydrogens is 336 g/mol. The molecule has 1 aromatic heterocycles. The van der Waals surface area contributed by atoms with Crippen molar-refractivity contribution in [2.24, 2.45) is 0 Å². The molecule has 0 atom stereocenters. The molecule has 1 aliphatic rings. The van der Waals surface area contributed by atoms with Gasteiger partial charge in [0.05, 0.1) is 0 Å². The zero-order chi connectivity index (χ0) is 19.1. The molecule has 1 aliphatic carbocycles. The number of hydrogen-bond acceptors (Lipinski definition) is 4. The number of amides is 1. The quantitative estimate of drug-likeness (QED) is 0.686. The lowest BCUT2D eigenvalue weighted by Crippen LogP contribution is -2.17. The van der Waals surface area contributed by atoms with Gasteiger partial charge in [-0.25, -0.2) is 9.97 Å². The van der Waals surface area contributed by atoms with Gasteiger partial charge in [-0.05, 0) is 57.1 Å². The first-order chi connectivity index (χ1) is 13.2. The van der Waals surface area contributed by atoms with Crippen molar-refractivity contribution in [3.8, 4) is 0 Å². The maximum atomic E-state index is 12.7. The average molecular weight is 364 g/mol. The normalized spacial score (nSPS) is 13.8. The van der Waals surface area contributed by atoms with Gasteiger partial charge in [0, 0.05) is 18.3 Å². The molecule has 2 aromatic rings. The van der Waals surface area contributed by atoms with Gasteiger partial charge in [0.25, 0.3) is 5.91 Å². The minimum absolute atomic E-state index is 0.209. The Hall–Kier alpha value is -2.69. The summed E-state index contributed by atoms with van der Waals surface area (Å²) in [4.78, 5) is 21.4. The van der Waals surface area contributed by atoms with Crippen LogP contribution in [0.2, 0.25) is 0 Å². The summed E-state index contributed by atoms with van der Waals surface area (Å²) in [6, 6.07) is 9.57. The minimum Gasteiger partial charge on any atom is -0.370 e. The third-order valence-corrected chi connectivity index (χ3v) is 4.85. The number of carbonyl (C=O) groups is 1. The van der Waals surface area contributed by atoms with E-state index in [2.05, 4.69) is 33.6 Å². The van der Waals surface area contributed by atoms with Crippen LogP contribution in [-0.4, -0.2) is 22.4 Å². The molecular formula is C22H28N4O. The molecule has 3 rings (SSSR count). The van der Waals surface area contributed by atoms with E-state index in [9.17, 15) is 4.79 Å². The lowest BCUT2D eigenvalue weighted by Gasteiger charge is -2.14. The van der Waals surface area contributed by atoms with Crippen LogP contribution in [0, 0.1) is 6.92 Å². The summed E-state index contributed by atoms with van der Waals surface area (Å²) in [5.74, 6) is 1.08. The van der Waals surface area contributed by atoms with Gasteiger partial charge in [-0.3, -0.25) is 4.79 Å². The Morgan fingerprint density at radius 3 is 2.81 bits per heavy atom. The maximum Gasteiger partial charge on any atom is 0.274 e. The molecule has 0 fully saturated rings. The van der Waals surface area contributed by atoms with Crippen LogP contribution in [0.5, 0.6) is 0 Å². The van der Waals surface area contributed by atoms with E-state index in [-0.39, 0.29) is 5.91 Å². The van der Waals surface area contributed by atoms with Gasteiger partial charge >= 0.3 is 0 Å². The summed E-state index contributed by atoms with van der Waals surface area (Å²) in [5.41, 5.74) is 3.84. The van der Waals surface area contributed by atoms with Crippen molar-refractivity contribution in [3.63, 3.8) is 0 Å². The number of carbonyl (C=O) groups excluding carboxylic acids is 1. The van der Waals surface area contributed by atoms with Gasteiger partial charge in [-0.2, -0.15) is 0 Å². The van der Waals surface area contributed by atoms with Crippen LogP contribution in [-0.2, 0) is 6.42 Å². The Morgan fingerprint density at radius 2 is 2.04 bits per heavy atom. The fraction of sp³-hybridized carbons (Fsp3) is 0.409. The van der Waals surface area contributed by atoms with Crippen molar-refractivity contribution < 1.29 is 4.79 Å². The zero-order valence-corrected chi connectivity index (χ0v) is 16.2. The van der Waals surface area contributed by atoms with E-state index >= 15 is 0 Å². The Balaban J connectivity index is 1.65. The van der Waals surface area contributed by atoms with Crippen LogP contribution >= 0.6 is 0 Å². The van der Waals surface area contributed by atoms with Gasteiger partial charge in [0.2, 0.25) is 0 Å². The summed E-state index contributed by atoms with van der Waals surface area (Å²) in [5, 5.41) is 6.32. The second-order valence-electron chi connectivity index (χ2n) is 6.94. The summed E-state index contributed by atoms with van der Waals surface area (Å²) in [7, 11) is 0. The number of nitrogens with zero attached hydrogens (tertiary/aromatic N) is 2. The number of anilines is 2. The second kappa shape index (κ2) is 9.31. The third kappa shape index (κ3) is 5.39. The van der Waals surface area contributed by atoms with Crippen LogP contribution in [0.1, 0.15) is 60.9 Å². The highest BCUT2D eigenvalue weighted by Gasteiger charge is 2.12. The molecule has 0 saturated heterocycles. The second-order valence-corrected chi connectivity index (χ2v) is 6.94. The number of hydrogen-bond donors (Lipinski definition) is 2. The Morgan fingerprint density at radius 1 is 1.19 bits per heavy atom. The highest BCUT2D eigenvalue weighted by molar-refractivity contribution is 6.03. The number of aryl methyl sites for hydroxylation is 2. The van der Waals surface area contributed by atoms with Crippen molar-refractivity contribution >= 4 is 17.4 Å². The van der Waals surface area contributed by atoms with Gasteiger partial charge in [-0.15, -0.1) is 0 Å². The van der Waals surface area contributed by atoms with Crippen molar-refractivity contribution in [3.05, 3.63) is 59.1 Å². The molecule has 5 nitrogen and oxygen atoms in total.